The first-order valence-electron chi connectivity index (χ1n) is 14.8. The van der Waals surface area contributed by atoms with E-state index in [-0.39, 0.29) is 18.4 Å². The fraction of sp³-hybridized carbons (Fsp3) is 0.821. The molecule has 224 valence electrons. The van der Waals surface area contributed by atoms with Gasteiger partial charge < -0.3 is 20.9 Å². The second-order valence-corrected chi connectivity index (χ2v) is 13.4. The van der Waals surface area contributed by atoms with E-state index in [9.17, 15) is 37.6 Å². The normalized spacial score (nSPS) is 38.9. The molecule has 6 bridgehead atoms. The maximum atomic E-state index is 14.5. The van der Waals surface area contributed by atoms with Crippen molar-refractivity contribution in [1.29, 1.82) is 5.26 Å². The van der Waals surface area contributed by atoms with Crippen molar-refractivity contribution in [3.8, 4) is 6.07 Å². The van der Waals surface area contributed by atoms with Crippen LogP contribution < -0.4 is 16.0 Å². The van der Waals surface area contributed by atoms with Crippen LogP contribution in [-0.4, -0.2) is 83.5 Å². The quantitative estimate of drug-likeness (QED) is 0.418. The zero-order valence-corrected chi connectivity index (χ0v) is 23.1. The molecular formula is C28H37F3N6O4. The molecule has 3 aliphatic heterocycles. The molecule has 0 spiro atoms. The Morgan fingerprint density at radius 1 is 1.07 bits per heavy atom. The number of nitrogens with zero attached hydrogens (tertiary/aromatic N) is 3. The maximum Gasteiger partial charge on any atom is 0.471 e. The van der Waals surface area contributed by atoms with E-state index in [1.807, 2.05) is 11.0 Å². The number of alkyl halides is 3. The molecule has 4 aliphatic carbocycles. The predicted octanol–water partition coefficient (Wildman–Crippen LogP) is 1.42. The Bertz CT molecular complexity index is 1140. The van der Waals surface area contributed by atoms with Crippen LogP contribution in [-0.2, 0) is 19.2 Å². The number of halogens is 3. The number of fused-ring (bicyclic) bond motifs is 2. The highest BCUT2D eigenvalue weighted by Crippen LogP contribution is 2.61. The van der Waals surface area contributed by atoms with E-state index in [0.717, 1.165) is 19.3 Å². The van der Waals surface area contributed by atoms with Crippen molar-refractivity contribution < 1.29 is 32.3 Å². The molecule has 0 aromatic rings. The number of rotatable bonds is 7. The Hall–Kier alpha value is -2.88. The van der Waals surface area contributed by atoms with Gasteiger partial charge in [0.1, 0.15) is 18.1 Å². The largest absolute Gasteiger partial charge is 0.471 e. The molecular weight excluding hydrogens is 541 g/mol. The van der Waals surface area contributed by atoms with Gasteiger partial charge in [-0.2, -0.15) is 18.4 Å². The minimum Gasteiger partial charge on any atom is -0.356 e. The molecule has 7 fully saturated rings. The van der Waals surface area contributed by atoms with Gasteiger partial charge in [-0.15, -0.1) is 0 Å². The van der Waals surface area contributed by atoms with E-state index in [2.05, 4.69) is 16.0 Å². The van der Waals surface area contributed by atoms with E-state index in [0.29, 0.717) is 62.8 Å². The molecule has 6 atom stereocenters. The molecule has 7 aliphatic rings. The highest BCUT2D eigenvalue weighted by molar-refractivity contribution is 5.95. The smallest absolute Gasteiger partial charge is 0.356 e. The summed E-state index contributed by atoms with van der Waals surface area (Å²) in [4.78, 5) is 55.9. The topological polar surface area (TPSA) is 135 Å². The number of hydrogen-bond acceptors (Lipinski definition) is 6. The second-order valence-electron chi connectivity index (χ2n) is 13.4. The number of likely N-dealkylation sites (N-methyl/N-ethyl adjacent to an activating group) is 1. The van der Waals surface area contributed by atoms with Gasteiger partial charge >= 0.3 is 12.1 Å². The first kappa shape index (κ1) is 28.2. The minimum atomic E-state index is -5.15. The molecule has 13 heteroatoms. The van der Waals surface area contributed by atoms with Gasteiger partial charge in [0, 0.05) is 23.9 Å². The lowest BCUT2D eigenvalue weighted by molar-refractivity contribution is -0.179. The van der Waals surface area contributed by atoms with Crippen LogP contribution in [0.15, 0.2) is 0 Å². The Morgan fingerprint density at radius 2 is 1.71 bits per heavy atom. The highest BCUT2D eigenvalue weighted by Gasteiger charge is 2.62. The van der Waals surface area contributed by atoms with Crippen LogP contribution in [0.3, 0.4) is 0 Å². The van der Waals surface area contributed by atoms with E-state index in [4.69, 9.17) is 0 Å². The zero-order valence-electron chi connectivity index (χ0n) is 23.1. The van der Waals surface area contributed by atoms with E-state index < -0.39 is 59.5 Å². The van der Waals surface area contributed by atoms with Crippen LogP contribution in [0.2, 0.25) is 0 Å². The predicted molar refractivity (Wildman–Crippen MR) is 137 cm³/mol. The Kier molecular flexibility index (Phi) is 6.98. The minimum absolute atomic E-state index is 0.135. The lowest BCUT2D eigenvalue weighted by Gasteiger charge is -2.59. The van der Waals surface area contributed by atoms with Crippen molar-refractivity contribution in [2.24, 2.45) is 29.1 Å². The molecule has 41 heavy (non-hydrogen) atoms. The Labute approximate surface area is 236 Å². The molecule has 4 saturated carbocycles. The van der Waals surface area contributed by atoms with Crippen LogP contribution >= 0.6 is 0 Å². The molecule has 10 nitrogen and oxygen atoms in total. The fourth-order valence-corrected chi connectivity index (χ4v) is 9.55. The average Bonchev–Trinajstić information content (AvgIpc) is 3.56. The van der Waals surface area contributed by atoms with Gasteiger partial charge in [0.2, 0.25) is 17.7 Å². The van der Waals surface area contributed by atoms with Gasteiger partial charge in [-0.25, -0.2) is 0 Å². The molecule has 0 aromatic heterocycles. The molecule has 3 N–H and O–H groups in total. The summed E-state index contributed by atoms with van der Waals surface area (Å²) in [6, 6.07) is -1.68. The SMILES string of the molecule is CN1[C@@H]2CC[C@H]1N(C(=O)[C@@H](NC(=O)C(F)(F)F)C13CC4CC(CC(C4)C1)C3)[C@@H]2C(=O)N[C@H](C#N)C[C@@H]1CCNC1=O. The van der Waals surface area contributed by atoms with E-state index in [1.54, 1.807) is 7.05 Å². The number of nitrogens with one attached hydrogen (secondary N) is 3. The van der Waals surface area contributed by atoms with Crippen molar-refractivity contribution in [3.05, 3.63) is 0 Å². The van der Waals surface area contributed by atoms with E-state index >= 15 is 0 Å². The lowest BCUT2D eigenvalue weighted by Crippen LogP contribution is -2.66. The van der Waals surface area contributed by atoms with Gasteiger partial charge in [0.25, 0.3) is 0 Å². The van der Waals surface area contributed by atoms with Gasteiger partial charge in [-0.1, -0.05) is 0 Å². The number of hydrogen-bond donors (Lipinski definition) is 3. The van der Waals surface area contributed by atoms with Crippen LogP contribution in [0.5, 0.6) is 0 Å². The van der Waals surface area contributed by atoms with Crippen molar-refractivity contribution in [2.45, 2.75) is 101 Å². The summed E-state index contributed by atoms with van der Waals surface area (Å²) in [7, 11) is 1.79. The van der Waals surface area contributed by atoms with E-state index in [1.165, 1.54) is 4.90 Å². The van der Waals surface area contributed by atoms with Gasteiger partial charge in [0.15, 0.2) is 0 Å². The maximum absolute atomic E-state index is 14.5. The molecule has 3 saturated heterocycles. The standard InChI is InChI=1S/C28H37F3N6O4/c1-36-19-2-3-20(36)37(21(19)24(39)34-18(13-32)9-17-4-5-33-23(17)38)25(40)22(35-26(41)28(29,30)31)27-10-14-6-15(11-27)8-16(7-14)12-27/h14-22H,2-12H2,1H3,(H,33,38)(H,34,39)(H,35,41)/t14?,15?,16?,17-,18-,19+,20+,21-,22+,27?/m0/s1. The van der Waals surface area contributed by atoms with Crippen molar-refractivity contribution in [1.82, 2.24) is 25.8 Å². The Balaban J connectivity index is 1.28. The van der Waals surface area contributed by atoms with Crippen LogP contribution in [0.4, 0.5) is 13.2 Å². The van der Waals surface area contributed by atoms with Crippen LogP contribution in [0, 0.1) is 40.4 Å². The third-order valence-corrected chi connectivity index (χ3v) is 10.9. The summed E-state index contributed by atoms with van der Waals surface area (Å²) in [5.74, 6) is -2.96. The fourth-order valence-electron chi connectivity index (χ4n) is 9.55. The molecule has 7 rings (SSSR count). The van der Waals surface area contributed by atoms with Gasteiger partial charge in [-0.05, 0) is 89.0 Å². The molecule has 0 unspecified atom stereocenters. The highest BCUT2D eigenvalue weighted by atomic mass is 19.4. The van der Waals surface area contributed by atoms with Crippen LogP contribution in [0.25, 0.3) is 0 Å². The van der Waals surface area contributed by atoms with Crippen molar-refractivity contribution in [3.63, 3.8) is 0 Å². The number of carbonyl (C=O) groups is 4. The summed E-state index contributed by atoms with van der Waals surface area (Å²) >= 11 is 0. The Morgan fingerprint density at radius 3 is 2.24 bits per heavy atom. The van der Waals surface area contributed by atoms with Crippen LogP contribution in [0.1, 0.15) is 64.2 Å². The second kappa shape index (κ2) is 10.1. The zero-order chi connectivity index (χ0) is 29.3. The van der Waals surface area contributed by atoms with Crippen molar-refractivity contribution >= 4 is 23.6 Å². The van der Waals surface area contributed by atoms with Gasteiger partial charge in [0.05, 0.1) is 12.2 Å². The monoisotopic (exact) mass is 578 g/mol. The summed E-state index contributed by atoms with van der Waals surface area (Å²) < 4.78 is 40.6. The molecule has 4 amide bonds. The number of amides is 4. The summed E-state index contributed by atoms with van der Waals surface area (Å²) in [6.07, 6.45) is 0.985. The lowest BCUT2D eigenvalue weighted by atomic mass is 9.47. The summed E-state index contributed by atoms with van der Waals surface area (Å²) in [6.45, 7) is 0.504. The summed E-state index contributed by atoms with van der Waals surface area (Å²) in [5, 5.41) is 17.3. The number of carbonyl (C=O) groups excluding carboxylic acids is 4. The third-order valence-electron chi connectivity index (χ3n) is 10.9. The first-order valence-corrected chi connectivity index (χ1v) is 14.8. The molecule has 0 aromatic carbocycles. The molecule has 3 heterocycles. The number of likely N-dealkylation sites (tertiary alicyclic amines) is 1. The number of nitriles is 1. The third kappa shape index (κ3) is 4.85. The number of piperidine rings is 1. The first-order chi connectivity index (χ1) is 19.4. The van der Waals surface area contributed by atoms with Gasteiger partial charge in [-0.3, -0.25) is 24.1 Å². The summed E-state index contributed by atoms with van der Waals surface area (Å²) in [5.41, 5.74) is -0.779. The molecule has 0 radical (unpaired) electrons. The van der Waals surface area contributed by atoms with Crippen molar-refractivity contribution in [2.75, 3.05) is 13.6 Å². The average molecular weight is 579 g/mol.